The van der Waals surface area contributed by atoms with Gasteiger partial charge in [-0.25, -0.2) is 0 Å². The molecule has 1 fully saturated rings. The molecule has 0 bridgehead atoms. The maximum Gasteiger partial charge on any atom is 0.159 e. The summed E-state index contributed by atoms with van der Waals surface area (Å²) in [6, 6.07) is 30.3. The van der Waals surface area contributed by atoms with Crippen LogP contribution in [0, 0.1) is 0 Å². The van der Waals surface area contributed by atoms with E-state index in [0.29, 0.717) is 32.8 Å². The van der Waals surface area contributed by atoms with Crippen molar-refractivity contribution in [2.24, 2.45) is 0 Å². The Morgan fingerprint density at radius 3 is 1.77 bits per heavy atom. The van der Waals surface area contributed by atoms with Crippen molar-refractivity contribution in [1.82, 2.24) is 4.90 Å². The Labute approximate surface area is 206 Å². The van der Waals surface area contributed by atoms with Crippen LogP contribution in [-0.2, 0) is 38.8 Å². The first-order valence-corrected chi connectivity index (χ1v) is 12.2. The minimum absolute atomic E-state index is 0.0578. The van der Waals surface area contributed by atoms with E-state index >= 15 is 0 Å². The molecule has 0 amide bonds. The number of allylic oxidation sites excluding steroid dienone is 1. The smallest absolute Gasteiger partial charge is 0.159 e. The lowest BCUT2D eigenvalue weighted by molar-refractivity contribution is -0.118. The van der Waals surface area contributed by atoms with Crippen LogP contribution in [0.4, 0.5) is 0 Å². The number of rotatable bonds is 10. The summed E-state index contributed by atoms with van der Waals surface area (Å²) in [6.07, 6.45) is 3.48. The number of ether oxygens (including phenoxy) is 3. The molecule has 1 saturated heterocycles. The lowest BCUT2D eigenvalue weighted by Gasteiger charge is -2.31. The van der Waals surface area contributed by atoms with Crippen LogP contribution in [0.15, 0.2) is 103 Å². The molecule has 5 nitrogen and oxygen atoms in total. The van der Waals surface area contributed by atoms with Crippen molar-refractivity contribution < 1.29 is 19.0 Å². The first-order valence-electron chi connectivity index (χ1n) is 12.2. The third kappa shape index (κ3) is 5.88. The summed E-state index contributed by atoms with van der Waals surface area (Å²) in [7, 11) is 0. The molecule has 0 aliphatic carbocycles. The quantitative estimate of drug-likeness (QED) is 0.422. The van der Waals surface area contributed by atoms with Gasteiger partial charge >= 0.3 is 0 Å². The number of ketones is 1. The largest absolute Gasteiger partial charge is 0.375 e. The molecule has 3 aromatic carbocycles. The summed E-state index contributed by atoms with van der Waals surface area (Å²) in [4.78, 5) is 14.6. The van der Waals surface area contributed by atoms with Gasteiger partial charge in [-0.3, -0.25) is 4.79 Å². The molecule has 3 aromatic rings. The molecule has 0 aromatic heterocycles. The van der Waals surface area contributed by atoms with Crippen LogP contribution in [0.5, 0.6) is 0 Å². The topological polar surface area (TPSA) is 48.0 Å². The molecule has 2 aliphatic heterocycles. The van der Waals surface area contributed by atoms with E-state index in [9.17, 15) is 4.79 Å². The van der Waals surface area contributed by atoms with Crippen molar-refractivity contribution in [3.05, 3.63) is 120 Å². The molecule has 35 heavy (non-hydrogen) atoms. The fourth-order valence-corrected chi connectivity index (χ4v) is 4.91. The van der Waals surface area contributed by atoms with E-state index in [2.05, 4.69) is 41.3 Å². The zero-order valence-corrected chi connectivity index (χ0v) is 19.7. The highest BCUT2D eigenvalue weighted by molar-refractivity contribution is 5.91. The number of hydrogen-bond acceptors (Lipinski definition) is 5. The van der Waals surface area contributed by atoms with Gasteiger partial charge in [-0.05, 0) is 22.8 Å². The van der Waals surface area contributed by atoms with Gasteiger partial charge in [-0.2, -0.15) is 0 Å². The number of nitrogens with zero attached hydrogens (tertiary/aromatic N) is 1. The second kappa shape index (κ2) is 11.5. The Bertz CT molecular complexity index is 1100. The summed E-state index contributed by atoms with van der Waals surface area (Å²) in [5, 5.41) is 0. The van der Waals surface area contributed by atoms with Crippen LogP contribution in [0.1, 0.15) is 23.1 Å². The fourth-order valence-electron chi connectivity index (χ4n) is 4.91. The van der Waals surface area contributed by atoms with Crippen LogP contribution in [0.2, 0.25) is 0 Å². The summed E-state index contributed by atoms with van der Waals surface area (Å²) in [5.74, 6) is 0.118. The van der Waals surface area contributed by atoms with Crippen LogP contribution in [0.3, 0.4) is 0 Å². The van der Waals surface area contributed by atoms with Gasteiger partial charge in [-0.1, -0.05) is 91.0 Å². The lowest BCUT2D eigenvalue weighted by atomic mass is 10.0. The molecule has 0 spiro atoms. The third-order valence-corrected chi connectivity index (χ3v) is 6.66. The molecular formula is C30H31NO4. The first kappa shape index (κ1) is 23.5. The molecule has 0 radical (unpaired) electrons. The average Bonchev–Trinajstić information content (AvgIpc) is 3.19. The van der Waals surface area contributed by atoms with Gasteiger partial charge in [0.2, 0.25) is 0 Å². The number of carbonyl (C=O) groups is 1. The summed E-state index contributed by atoms with van der Waals surface area (Å²) >= 11 is 0. The predicted octanol–water partition coefficient (Wildman–Crippen LogP) is 4.91. The molecule has 0 unspecified atom stereocenters. The molecule has 2 heterocycles. The summed E-state index contributed by atoms with van der Waals surface area (Å²) in [6.45, 7) is 1.95. The number of benzene rings is 3. The SMILES string of the molecule is O=C1C=CN2[C@H](COCc3ccccc3)[C@@H](OCc3ccccc3)[C@H](OCc3ccccc3)[C@H]2C1. The van der Waals surface area contributed by atoms with E-state index in [0.717, 1.165) is 16.7 Å². The molecule has 2 aliphatic rings. The molecule has 0 N–H and O–H groups in total. The number of carbonyl (C=O) groups excluding carboxylic acids is 1. The second-order valence-corrected chi connectivity index (χ2v) is 9.09. The minimum Gasteiger partial charge on any atom is -0.375 e. The van der Waals surface area contributed by atoms with Gasteiger partial charge in [0.05, 0.1) is 38.5 Å². The first-order chi connectivity index (χ1) is 17.3. The van der Waals surface area contributed by atoms with Gasteiger partial charge in [0.1, 0.15) is 12.2 Å². The maximum absolute atomic E-state index is 12.4. The van der Waals surface area contributed by atoms with Crippen molar-refractivity contribution >= 4 is 5.78 Å². The average molecular weight is 470 g/mol. The highest BCUT2D eigenvalue weighted by Gasteiger charge is 2.51. The van der Waals surface area contributed by atoms with E-state index in [1.165, 1.54) is 0 Å². The Hall–Kier alpha value is -3.25. The fraction of sp³-hybridized carbons (Fsp3) is 0.300. The zero-order chi connectivity index (χ0) is 23.9. The Morgan fingerprint density at radius 2 is 1.20 bits per heavy atom. The van der Waals surface area contributed by atoms with E-state index in [1.54, 1.807) is 6.08 Å². The molecule has 0 saturated carbocycles. The van der Waals surface area contributed by atoms with Crippen molar-refractivity contribution in [3.63, 3.8) is 0 Å². The summed E-state index contributed by atoms with van der Waals surface area (Å²) in [5.41, 5.74) is 3.34. The monoisotopic (exact) mass is 469 g/mol. The lowest BCUT2D eigenvalue weighted by Crippen LogP contribution is -2.41. The van der Waals surface area contributed by atoms with Crippen LogP contribution >= 0.6 is 0 Å². The maximum atomic E-state index is 12.4. The minimum atomic E-state index is -0.252. The van der Waals surface area contributed by atoms with Gasteiger partial charge < -0.3 is 19.1 Å². The molecule has 4 atom stereocenters. The van der Waals surface area contributed by atoms with Crippen molar-refractivity contribution in [3.8, 4) is 0 Å². The van der Waals surface area contributed by atoms with Gasteiger partial charge in [0.25, 0.3) is 0 Å². The van der Waals surface area contributed by atoms with E-state index in [-0.39, 0.29) is 30.1 Å². The Kier molecular flexibility index (Phi) is 7.69. The third-order valence-electron chi connectivity index (χ3n) is 6.66. The Balaban J connectivity index is 1.35. The Morgan fingerprint density at radius 1 is 0.686 bits per heavy atom. The van der Waals surface area contributed by atoms with E-state index in [4.69, 9.17) is 14.2 Å². The number of hydrogen-bond donors (Lipinski definition) is 0. The summed E-state index contributed by atoms with van der Waals surface area (Å²) < 4.78 is 19.2. The van der Waals surface area contributed by atoms with E-state index < -0.39 is 0 Å². The highest BCUT2D eigenvalue weighted by atomic mass is 16.5. The normalized spacial score (nSPS) is 23.4. The molecule has 5 heteroatoms. The molecular weight excluding hydrogens is 438 g/mol. The molecule has 180 valence electrons. The van der Waals surface area contributed by atoms with Crippen molar-refractivity contribution in [2.75, 3.05) is 6.61 Å². The van der Waals surface area contributed by atoms with Gasteiger partial charge in [0.15, 0.2) is 5.78 Å². The van der Waals surface area contributed by atoms with E-state index in [1.807, 2.05) is 60.8 Å². The van der Waals surface area contributed by atoms with Gasteiger partial charge in [0, 0.05) is 12.6 Å². The van der Waals surface area contributed by atoms with Crippen molar-refractivity contribution in [1.29, 1.82) is 0 Å². The highest BCUT2D eigenvalue weighted by Crippen LogP contribution is 2.35. The van der Waals surface area contributed by atoms with Crippen LogP contribution < -0.4 is 0 Å². The molecule has 5 rings (SSSR count). The standard InChI is InChI=1S/C30H31NO4/c32-26-16-17-31-27(18-26)29(34-20-24-12-6-2-7-13-24)30(35-21-25-14-8-3-9-15-25)28(31)22-33-19-23-10-4-1-5-11-23/h1-17,27-30H,18-22H2/t27-,28-,29-,30-/m1/s1. The predicted molar refractivity (Wildman–Crippen MR) is 134 cm³/mol. The van der Waals surface area contributed by atoms with Crippen LogP contribution in [0.25, 0.3) is 0 Å². The van der Waals surface area contributed by atoms with Crippen LogP contribution in [-0.4, -0.2) is 41.6 Å². The number of fused-ring (bicyclic) bond motifs is 1. The second-order valence-electron chi connectivity index (χ2n) is 9.09. The van der Waals surface area contributed by atoms with Crippen molar-refractivity contribution in [2.45, 2.75) is 50.5 Å². The zero-order valence-electron chi connectivity index (χ0n) is 19.7. The van der Waals surface area contributed by atoms with Gasteiger partial charge in [-0.15, -0.1) is 0 Å².